The molecule has 0 aromatic heterocycles. The quantitative estimate of drug-likeness (QED) is 0.708. The summed E-state index contributed by atoms with van der Waals surface area (Å²) in [5.74, 6) is 1.42. The first-order valence-electron chi connectivity index (χ1n) is 6.01. The minimum atomic E-state index is 0.180. The number of amides is 1. The number of nitrogens with zero attached hydrogens (tertiary/aromatic N) is 1. The molecule has 0 aliphatic carbocycles. The Balaban J connectivity index is 2.10. The summed E-state index contributed by atoms with van der Waals surface area (Å²) >= 11 is 0. The first kappa shape index (κ1) is 11.2. The summed E-state index contributed by atoms with van der Waals surface area (Å²) in [6.07, 6.45) is 1.23. The molecule has 1 fully saturated rings. The number of likely N-dealkylation sites (tertiary alicyclic amines) is 1. The van der Waals surface area contributed by atoms with Crippen LogP contribution in [-0.2, 0) is 0 Å². The zero-order valence-electron chi connectivity index (χ0n) is 10.0. The Kier molecular flexibility index (Phi) is 3.28. The van der Waals surface area contributed by atoms with E-state index in [0.717, 1.165) is 18.7 Å². The van der Waals surface area contributed by atoms with Gasteiger partial charge in [0.25, 0.3) is 5.91 Å². The van der Waals surface area contributed by atoms with Gasteiger partial charge < -0.3 is 4.90 Å². The summed E-state index contributed by atoms with van der Waals surface area (Å²) in [6, 6.07) is 9.57. The number of hydrogen-bond donors (Lipinski definition) is 0. The normalized spacial score (nSPS) is 25.5. The molecule has 2 nitrogen and oxygen atoms in total. The van der Waals surface area contributed by atoms with Crippen molar-refractivity contribution in [2.75, 3.05) is 13.1 Å². The van der Waals surface area contributed by atoms with Crippen LogP contribution in [0.1, 0.15) is 30.6 Å². The van der Waals surface area contributed by atoms with Crippen LogP contribution in [0.2, 0.25) is 0 Å². The molecule has 2 heteroatoms. The van der Waals surface area contributed by atoms with Gasteiger partial charge in [0.15, 0.2) is 0 Å². The highest BCUT2D eigenvalue weighted by Crippen LogP contribution is 2.22. The molecule has 1 aliphatic rings. The first-order chi connectivity index (χ1) is 7.66. The third-order valence-electron chi connectivity index (χ3n) is 3.18. The molecule has 0 saturated carbocycles. The van der Waals surface area contributed by atoms with Crippen molar-refractivity contribution in [2.24, 2.45) is 11.8 Å². The van der Waals surface area contributed by atoms with Crippen LogP contribution < -0.4 is 0 Å². The summed E-state index contributed by atoms with van der Waals surface area (Å²) < 4.78 is 0. The summed E-state index contributed by atoms with van der Waals surface area (Å²) in [5, 5.41) is 0. The highest BCUT2D eigenvalue weighted by atomic mass is 16.2. The van der Waals surface area contributed by atoms with E-state index < -0.39 is 0 Å². The third-order valence-corrected chi connectivity index (χ3v) is 3.18. The number of carbonyl (C=O) groups is 1. The fraction of sp³-hybridized carbons (Fsp3) is 0.500. The van der Waals surface area contributed by atoms with E-state index in [2.05, 4.69) is 13.8 Å². The largest absolute Gasteiger partial charge is 0.338 e. The summed E-state index contributed by atoms with van der Waals surface area (Å²) in [6.45, 7) is 6.25. The lowest BCUT2D eigenvalue weighted by atomic mass is 9.91. The SMILES string of the molecule is C[C@H]1C[C@H](C)CN(C(=O)c2ccccc2)C1. The highest BCUT2D eigenvalue weighted by molar-refractivity contribution is 5.94. The first-order valence-corrected chi connectivity index (χ1v) is 6.01. The predicted molar refractivity (Wildman–Crippen MR) is 65.3 cm³/mol. The second kappa shape index (κ2) is 4.69. The standard InChI is InChI=1S/C14H19NO/c1-11-8-12(2)10-15(9-11)14(16)13-6-4-3-5-7-13/h3-7,11-12H,8-10H2,1-2H3/t11-,12-/m0/s1. The highest BCUT2D eigenvalue weighted by Gasteiger charge is 2.25. The van der Waals surface area contributed by atoms with E-state index in [4.69, 9.17) is 0 Å². The summed E-state index contributed by atoms with van der Waals surface area (Å²) in [5.41, 5.74) is 0.809. The lowest BCUT2D eigenvalue weighted by Gasteiger charge is -2.35. The van der Waals surface area contributed by atoms with Crippen molar-refractivity contribution < 1.29 is 4.79 Å². The molecular formula is C14H19NO. The smallest absolute Gasteiger partial charge is 0.253 e. The van der Waals surface area contributed by atoms with Crippen molar-refractivity contribution >= 4 is 5.91 Å². The van der Waals surface area contributed by atoms with Gasteiger partial charge in [0.2, 0.25) is 0 Å². The van der Waals surface area contributed by atoms with Crippen molar-refractivity contribution in [1.29, 1.82) is 0 Å². The minimum Gasteiger partial charge on any atom is -0.338 e. The molecule has 0 N–H and O–H groups in total. The minimum absolute atomic E-state index is 0.180. The van der Waals surface area contributed by atoms with Crippen LogP contribution in [0.3, 0.4) is 0 Å². The Hall–Kier alpha value is -1.31. The molecule has 0 unspecified atom stereocenters. The van der Waals surface area contributed by atoms with E-state index in [1.165, 1.54) is 6.42 Å². The molecule has 16 heavy (non-hydrogen) atoms. The average molecular weight is 217 g/mol. The van der Waals surface area contributed by atoms with Gasteiger partial charge in [-0.25, -0.2) is 0 Å². The molecule has 1 saturated heterocycles. The van der Waals surface area contributed by atoms with Gasteiger partial charge in [0, 0.05) is 18.7 Å². The van der Waals surface area contributed by atoms with Crippen LogP contribution in [0.5, 0.6) is 0 Å². The van der Waals surface area contributed by atoms with E-state index in [9.17, 15) is 4.79 Å². The molecule has 0 spiro atoms. The Morgan fingerprint density at radius 2 is 1.69 bits per heavy atom. The van der Waals surface area contributed by atoms with Crippen molar-refractivity contribution in [3.8, 4) is 0 Å². The average Bonchev–Trinajstić information content (AvgIpc) is 2.28. The second-order valence-corrected chi connectivity index (χ2v) is 5.02. The maximum atomic E-state index is 12.2. The van der Waals surface area contributed by atoms with Gasteiger partial charge in [-0.15, -0.1) is 0 Å². The zero-order valence-corrected chi connectivity index (χ0v) is 10.0. The topological polar surface area (TPSA) is 20.3 Å². The Morgan fingerprint density at radius 1 is 1.12 bits per heavy atom. The fourth-order valence-electron chi connectivity index (χ4n) is 2.59. The van der Waals surface area contributed by atoms with Gasteiger partial charge in [-0.3, -0.25) is 4.79 Å². The molecule has 1 amide bonds. The van der Waals surface area contributed by atoms with Gasteiger partial charge >= 0.3 is 0 Å². The number of hydrogen-bond acceptors (Lipinski definition) is 1. The van der Waals surface area contributed by atoms with Crippen LogP contribution in [0, 0.1) is 11.8 Å². The van der Waals surface area contributed by atoms with E-state index >= 15 is 0 Å². The van der Waals surface area contributed by atoms with Gasteiger partial charge in [0.05, 0.1) is 0 Å². The predicted octanol–water partition coefficient (Wildman–Crippen LogP) is 2.80. The third kappa shape index (κ3) is 2.43. The molecule has 1 aliphatic heterocycles. The van der Waals surface area contributed by atoms with E-state index in [0.29, 0.717) is 11.8 Å². The van der Waals surface area contributed by atoms with Crippen molar-refractivity contribution in [2.45, 2.75) is 20.3 Å². The zero-order chi connectivity index (χ0) is 11.5. The lowest BCUT2D eigenvalue weighted by molar-refractivity contribution is 0.0623. The maximum absolute atomic E-state index is 12.2. The maximum Gasteiger partial charge on any atom is 0.253 e. The molecule has 1 aromatic rings. The molecule has 1 aromatic carbocycles. The van der Waals surface area contributed by atoms with E-state index in [1.54, 1.807) is 0 Å². The van der Waals surface area contributed by atoms with Crippen molar-refractivity contribution in [3.05, 3.63) is 35.9 Å². The molecule has 1 heterocycles. The van der Waals surface area contributed by atoms with Gasteiger partial charge in [-0.1, -0.05) is 32.0 Å². The van der Waals surface area contributed by atoms with Crippen LogP contribution in [0.15, 0.2) is 30.3 Å². The molecule has 2 atom stereocenters. The summed E-state index contributed by atoms with van der Waals surface area (Å²) in [7, 11) is 0. The number of piperidine rings is 1. The van der Waals surface area contributed by atoms with Crippen LogP contribution >= 0.6 is 0 Å². The Labute approximate surface area is 97.3 Å². The fourth-order valence-corrected chi connectivity index (χ4v) is 2.59. The molecule has 0 bridgehead atoms. The second-order valence-electron chi connectivity index (χ2n) is 5.02. The summed E-state index contributed by atoms with van der Waals surface area (Å²) in [4.78, 5) is 14.2. The Morgan fingerprint density at radius 3 is 2.25 bits per heavy atom. The molecule has 2 rings (SSSR count). The molecular weight excluding hydrogens is 198 g/mol. The van der Waals surface area contributed by atoms with Crippen LogP contribution in [0.25, 0.3) is 0 Å². The van der Waals surface area contributed by atoms with E-state index in [1.807, 2.05) is 35.2 Å². The van der Waals surface area contributed by atoms with Gasteiger partial charge in [-0.05, 0) is 30.4 Å². The lowest BCUT2D eigenvalue weighted by Crippen LogP contribution is -2.42. The van der Waals surface area contributed by atoms with Gasteiger partial charge in [0.1, 0.15) is 0 Å². The van der Waals surface area contributed by atoms with Gasteiger partial charge in [-0.2, -0.15) is 0 Å². The number of benzene rings is 1. The van der Waals surface area contributed by atoms with E-state index in [-0.39, 0.29) is 5.91 Å². The van der Waals surface area contributed by atoms with Crippen LogP contribution in [0.4, 0.5) is 0 Å². The molecule has 0 radical (unpaired) electrons. The van der Waals surface area contributed by atoms with Crippen LogP contribution in [-0.4, -0.2) is 23.9 Å². The van der Waals surface area contributed by atoms with Crippen molar-refractivity contribution in [1.82, 2.24) is 4.90 Å². The monoisotopic (exact) mass is 217 g/mol. The number of carbonyl (C=O) groups excluding carboxylic acids is 1. The van der Waals surface area contributed by atoms with Crippen molar-refractivity contribution in [3.63, 3.8) is 0 Å². The molecule has 86 valence electrons. The Bertz CT molecular complexity index is 350. The number of rotatable bonds is 1.